The Bertz CT molecular complexity index is 486. The maximum absolute atomic E-state index is 12.7. The summed E-state index contributed by atoms with van der Waals surface area (Å²) in [6, 6.07) is 4.26. The molecular weight excluding hydrogens is 333 g/mol. The van der Waals surface area contributed by atoms with Crippen LogP contribution in [0.1, 0.15) is 37.7 Å². The summed E-state index contributed by atoms with van der Waals surface area (Å²) < 4.78 is 0. The Morgan fingerprint density at radius 2 is 1.96 bits per heavy atom. The number of fused-ring (bicyclic) bond motifs is 2. The molecule has 2 bridgehead atoms. The average molecular weight is 360 g/mol. The van der Waals surface area contributed by atoms with Crippen LogP contribution in [-0.2, 0) is 11.3 Å². The lowest BCUT2D eigenvalue weighted by Gasteiger charge is -2.44. The first-order valence-corrected chi connectivity index (χ1v) is 8.04. The van der Waals surface area contributed by atoms with Crippen LogP contribution in [0, 0.1) is 17.8 Å². The molecule has 0 spiro atoms. The first kappa shape index (κ1) is 20.2. The predicted molar refractivity (Wildman–Crippen MR) is 96.7 cm³/mol. The normalized spacial score (nSPS) is 29.0. The van der Waals surface area contributed by atoms with Crippen LogP contribution in [0.3, 0.4) is 0 Å². The van der Waals surface area contributed by atoms with E-state index in [2.05, 4.69) is 4.98 Å². The fraction of sp³-hybridized carbons (Fsp3) is 0.647. The van der Waals surface area contributed by atoms with E-state index in [0.29, 0.717) is 24.4 Å². The monoisotopic (exact) mass is 359 g/mol. The van der Waals surface area contributed by atoms with Crippen LogP contribution in [0.25, 0.3) is 0 Å². The molecule has 1 aromatic heterocycles. The van der Waals surface area contributed by atoms with Gasteiger partial charge >= 0.3 is 0 Å². The molecule has 2 aliphatic rings. The van der Waals surface area contributed by atoms with Crippen LogP contribution in [0.4, 0.5) is 0 Å². The molecule has 0 aromatic carbocycles. The van der Waals surface area contributed by atoms with Gasteiger partial charge in [-0.2, -0.15) is 0 Å². The smallest absolute Gasteiger partial charge is 0.225 e. The van der Waals surface area contributed by atoms with Gasteiger partial charge in [0.05, 0.1) is 0 Å². The Kier molecular flexibility index (Phi) is 7.78. The predicted octanol–water partition coefficient (Wildman–Crippen LogP) is 3.04. The maximum Gasteiger partial charge on any atom is 0.225 e. The molecule has 6 heteroatoms. The lowest BCUT2D eigenvalue weighted by Crippen LogP contribution is -2.49. The van der Waals surface area contributed by atoms with Crippen molar-refractivity contribution in [3.05, 3.63) is 30.1 Å². The molecule has 2 atom stereocenters. The molecule has 1 aromatic rings. The second kappa shape index (κ2) is 8.86. The third kappa shape index (κ3) is 4.59. The van der Waals surface area contributed by atoms with E-state index in [0.717, 1.165) is 18.4 Å². The second-order valence-corrected chi connectivity index (χ2v) is 6.75. The summed E-state index contributed by atoms with van der Waals surface area (Å²) in [7, 11) is 1.90. The standard InChI is InChI=1S/C17H25N3O.2ClH/c1-20(11-12-4-3-7-19-10-12)17(21)15-8-13-5-2-6-14(9-15)16(13)18;;/h3-4,7,10,13-16H,2,5-6,8-9,11,18H2,1H3;2*1H. The van der Waals surface area contributed by atoms with Gasteiger partial charge in [0, 0.05) is 37.9 Å². The average Bonchev–Trinajstić information content (AvgIpc) is 2.47. The molecule has 2 unspecified atom stereocenters. The van der Waals surface area contributed by atoms with Gasteiger partial charge in [-0.3, -0.25) is 9.78 Å². The van der Waals surface area contributed by atoms with Crippen molar-refractivity contribution >= 4 is 30.7 Å². The maximum atomic E-state index is 12.7. The van der Waals surface area contributed by atoms with Gasteiger partial charge in [-0.25, -0.2) is 0 Å². The topological polar surface area (TPSA) is 59.2 Å². The molecule has 23 heavy (non-hydrogen) atoms. The van der Waals surface area contributed by atoms with Gasteiger partial charge in [0.15, 0.2) is 0 Å². The highest BCUT2D eigenvalue weighted by Crippen LogP contribution is 2.42. The van der Waals surface area contributed by atoms with Crippen LogP contribution in [0.2, 0.25) is 0 Å². The summed E-state index contributed by atoms with van der Waals surface area (Å²) in [4.78, 5) is 18.7. The lowest BCUT2D eigenvalue weighted by atomic mass is 9.65. The molecule has 2 N–H and O–H groups in total. The van der Waals surface area contributed by atoms with Gasteiger partial charge in [0.2, 0.25) is 5.91 Å². The number of carbonyl (C=O) groups excluding carboxylic acids is 1. The van der Waals surface area contributed by atoms with Crippen LogP contribution >= 0.6 is 24.8 Å². The van der Waals surface area contributed by atoms with E-state index in [9.17, 15) is 4.79 Å². The Morgan fingerprint density at radius 3 is 2.52 bits per heavy atom. The van der Waals surface area contributed by atoms with Gasteiger partial charge in [-0.05, 0) is 49.1 Å². The van der Waals surface area contributed by atoms with Crippen LogP contribution in [-0.4, -0.2) is 28.9 Å². The number of pyridine rings is 1. The van der Waals surface area contributed by atoms with Crippen LogP contribution < -0.4 is 5.73 Å². The third-order valence-electron chi connectivity index (χ3n) is 5.28. The van der Waals surface area contributed by atoms with Crippen molar-refractivity contribution in [2.24, 2.45) is 23.5 Å². The van der Waals surface area contributed by atoms with E-state index in [4.69, 9.17) is 5.73 Å². The van der Waals surface area contributed by atoms with E-state index >= 15 is 0 Å². The number of nitrogens with two attached hydrogens (primary N) is 1. The van der Waals surface area contributed by atoms with Crippen molar-refractivity contribution in [3.63, 3.8) is 0 Å². The molecule has 4 nitrogen and oxygen atoms in total. The minimum atomic E-state index is 0. The second-order valence-electron chi connectivity index (χ2n) is 6.75. The Balaban J connectivity index is 0.00000132. The van der Waals surface area contributed by atoms with Crippen molar-refractivity contribution in [3.8, 4) is 0 Å². The number of rotatable bonds is 3. The molecule has 0 saturated heterocycles. The molecule has 2 saturated carbocycles. The van der Waals surface area contributed by atoms with Gasteiger partial charge < -0.3 is 10.6 Å². The molecule has 2 fully saturated rings. The van der Waals surface area contributed by atoms with Crippen molar-refractivity contribution < 1.29 is 4.79 Å². The molecule has 2 aliphatic carbocycles. The number of hydrogen-bond acceptors (Lipinski definition) is 3. The van der Waals surface area contributed by atoms with Crippen molar-refractivity contribution in [1.29, 1.82) is 0 Å². The Labute approximate surface area is 151 Å². The quantitative estimate of drug-likeness (QED) is 0.901. The molecule has 3 rings (SSSR count). The largest absolute Gasteiger partial charge is 0.341 e. The summed E-state index contributed by atoms with van der Waals surface area (Å²) in [6.45, 7) is 0.643. The molecular formula is C17H27Cl2N3O. The molecule has 1 heterocycles. The zero-order valence-electron chi connectivity index (χ0n) is 13.6. The molecule has 0 radical (unpaired) electrons. The molecule has 130 valence electrons. The molecule has 0 aliphatic heterocycles. The van der Waals surface area contributed by atoms with E-state index < -0.39 is 0 Å². The van der Waals surface area contributed by atoms with Crippen LogP contribution in [0.5, 0.6) is 0 Å². The molecule has 1 amide bonds. The fourth-order valence-corrected chi connectivity index (χ4v) is 4.15. The number of aromatic nitrogens is 1. The summed E-state index contributed by atoms with van der Waals surface area (Å²) in [5, 5.41) is 0. The van der Waals surface area contributed by atoms with Crippen molar-refractivity contribution in [2.45, 2.75) is 44.7 Å². The number of hydrogen-bond donors (Lipinski definition) is 1. The van der Waals surface area contributed by atoms with Gasteiger partial charge in [-0.15, -0.1) is 24.8 Å². The van der Waals surface area contributed by atoms with Crippen LogP contribution in [0.15, 0.2) is 24.5 Å². The van der Waals surface area contributed by atoms with Crippen molar-refractivity contribution in [2.75, 3.05) is 7.05 Å². The first-order chi connectivity index (χ1) is 10.1. The first-order valence-electron chi connectivity index (χ1n) is 8.04. The summed E-state index contributed by atoms with van der Waals surface area (Å²) in [6.07, 6.45) is 9.24. The highest BCUT2D eigenvalue weighted by Gasteiger charge is 2.41. The minimum Gasteiger partial charge on any atom is -0.341 e. The van der Waals surface area contributed by atoms with E-state index in [1.54, 1.807) is 6.20 Å². The minimum absolute atomic E-state index is 0. The van der Waals surface area contributed by atoms with Gasteiger partial charge in [0.1, 0.15) is 0 Å². The SMILES string of the molecule is CN(Cc1cccnc1)C(=O)C1CC2CCCC(C1)C2N.Cl.Cl. The van der Waals surface area contributed by atoms with E-state index in [1.165, 1.54) is 19.3 Å². The van der Waals surface area contributed by atoms with Gasteiger partial charge in [0.25, 0.3) is 0 Å². The highest BCUT2D eigenvalue weighted by atomic mass is 35.5. The Morgan fingerprint density at radius 1 is 1.30 bits per heavy atom. The zero-order chi connectivity index (χ0) is 14.8. The number of amides is 1. The third-order valence-corrected chi connectivity index (χ3v) is 5.28. The number of nitrogens with zero attached hydrogens (tertiary/aromatic N) is 2. The summed E-state index contributed by atoms with van der Waals surface area (Å²) in [5.41, 5.74) is 7.40. The number of halogens is 2. The Hall–Kier alpha value is -0.840. The number of carbonyl (C=O) groups is 1. The van der Waals surface area contributed by atoms with Gasteiger partial charge in [-0.1, -0.05) is 12.5 Å². The summed E-state index contributed by atoms with van der Waals surface area (Å²) >= 11 is 0. The fourth-order valence-electron chi connectivity index (χ4n) is 4.15. The lowest BCUT2D eigenvalue weighted by molar-refractivity contribution is -0.137. The van der Waals surface area contributed by atoms with Crippen molar-refractivity contribution in [1.82, 2.24) is 9.88 Å². The highest BCUT2D eigenvalue weighted by molar-refractivity contribution is 5.85. The summed E-state index contributed by atoms with van der Waals surface area (Å²) in [5.74, 6) is 1.56. The zero-order valence-corrected chi connectivity index (χ0v) is 15.2. The van der Waals surface area contributed by atoms with E-state index in [-0.39, 0.29) is 36.6 Å². The van der Waals surface area contributed by atoms with E-state index in [1.807, 2.05) is 30.3 Å².